The molecule has 0 atom stereocenters. The van der Waals surface area contributed by atoms with Crippen molar-refractivity contribution in [3.63, 3.8) is 0 Å². The third kappa shape index (κ3) is 2.99. The molecule has 0 aromatic heterocycles. The molecule has 0 unspecified atom stereocenters. The van der Waals surface area contributed by atoms with E-state index in [-0.39, 0.29) is 11.3 Å². The second-order valence-electron chi connectivity index (χ2n) is 5.56. The van der Waals surface area contributed by atoms with Crippen molar-refractivity contribution in [3.8, 4) is 0 Å². The monoisotopic (exact) mass is 240 g/mol. The molecule has 1 amide bonds. The van der Waals surface area contributed by atoms with Crippen LogP contribution in [0, 0.1) is 11.3 Å². The van der Waals surface area contributed by atoms with Gasteiger partial charge in [-0.25, -0.2) is 0 Å². The highest BCUT2D eigenvalue weighted by Crippen LogP contribution is 2.45. The van der Waals surface area contributed by atoms with E-state index in [1.165, 1.54) is 0 Å². The molecular weight excluding hydrogens is 216 g/mol. The molecule has 2 aliphatic rings. The largest absolute Gasteiger partial charge is 0.381 e. The Bertz CT molecular complexity index is 271. The molecule has 2 rings (SSSR count). The Kier molecular flexibility index (Phi) is 4.05. The highest BCUT2D eigenvalue weighted by Gasteiger charge is 2.49. The summed E-state index contributed by atoms with van der Waals surface area (Å²) in [6.45, 7) is 3.14. The zero-order valence-electron chi connectivity index (χ0n) is 10.8. The van der Waals surface area contributed by atoms with Crippen LogP contribution in [0.5, 0.6) is 0 Å². The number of carbonyl (C=O) groups excluding carboxylic acids is 1. The van der Waals surface area contributed by atoms with Gasteiger partial charge in [0.05, 0.1) is 5.41 Å². The van der Waals surface area contributed by atoms with Crippen LogP contribution in [0.2, 0.25) is 0 Å². The third-order valence-electron chi connectivity index (χ3n) is 4.26. The van der Waals surface area contributed by atoms with Gasteiger partial charge in [0, 0.05) is 33.4 Å². The van der Waals surface area contributed by atoms with E-state index in [9.17, 15) is 4.79 Å². The van der Waals surface area contributed by atoms with Gasteiger partial charge in [0.1, 0.15) is 0 Å². The number of nitrogens with zero attached hydrogens (tertiary/aromatic N) is 1. The molecule has 1 aliphatic heterocycles. The van der Waals surface area contributed by atoms with E-state index >= 15 is 0 Å². The van der Waals surface area contributed by atoms with Crippen LogP contribution in [-0.2, 0) is 9.53 Å². The average molecular weight is 240 g/mol. The van der Waals surface area contributed by atoms with Gasteiger partial charge in [-0.1, -0.05) is 0 Å². The zero-order valence-corrected chi connectivity index (χ0v) is 10.8. The fourth-order valence-corrected chi connectivity index (χ4v) is 2.57. The van der Waals surface area contributed by atoms with Gasteiger partial charge in [-0.15, -0.1) is 0 Å². The molecule has 0 bridgehead atoms. The zero-order chi connectivity index (χ0) is 12.3. The summed E-state index contributed by atoms with van der Waals surface area (Å²) >= 11 is 0. The van der Waals surface area contributed by atoms with Gasteiger partial charge < -0.3 is 15.4 Å². The normalized spacial score (nSPS) is 23.4. The summed E-state index contributed by atoms with van der Waals surface area (Å²) in [4.78, 5) is 14.0. The molecule has 0 radical (unpaired) electrons. The number of nitrogens with two attached hydrogens (primary N) is 1. The smallest absolute Gasteiger partial charge is 0.229 e. The van der Waals surface area contributed by atoms with Crippen molar-refractivity contribution in [2.24, 2.45) is 17.1 Å². The lowest BCUT2D eigenvalue weighted by atomic mass is 9.96. The first kappa shape index (κ1) is 12.8. The van der Waals surface area contributed by atoms with Crippen LogP contribution in [0.4, 0.5) is 0 Å². The number of hydrogen-bond acceptors (Lipinski definition) is 3. The summed E-state index contributed by atoms with van der Waals surface area (Å²) in [5.74, 6) is 0.985. The molecule has 4 nitrogen and oxygen atoms in total. The van der Waals surface area contributed by atoms with E-state index in [0.717, 1.165) is 57.8 Å². The molecule has 0 aromatic rings. The summed E-state index contributed by atoms with van der Waals surface area (Å²) < 4.78 is 5.34. The van der Waals surface area contributed by atoms with Crippen molar-refractivity contribution in [1.29, 1.82) is 0 Å². The van der Waals surface area contributed by atoms with Gasteiger partial charge in [0.25, 0.3) is 0 Å². The van der Waals surface area contributed by atoms with Crippen molar-refractivity contribution in [3.05, 3.63) is 0 Å². The number of hydrogen-bond donors (Lipinski definition) is 1. The topological polar surface area (TPSA) is 55.6 Å². The molecule has 0 aromatic carbocycles. The predicted octanol–water partition coefficient (Wildman–Crippen LogP) is 1.00. The first-order valence-corrected chi connectivity index (χ1v) is 6.71. The molecule has 4 heteroatoms. The first-order valence-electron chi connectivity index (χ1n) is 6.71. The number of carbonyl (C=O) groups is 1. The second kappa shape index (κ2) is 5.36. The number of amides is 1. The maximum atomic E-state index is 12.2. The summed E-state index contributed by atoms with van der Waals surface area (Å²) in [6.07, 6.45) is 5.34. The Hall–Kier alpha value is -0.610. The number of rotatable bonds is 5. The number of ether oxygens (including phenoxy) is 1. The Labute approximate surface area is 103 Å². The van der Waals surface area contributed by atoms with Gasteiger partial charge in [-0.3, -0.25) is 4.79 Å². The minimum Gasteiger partial charge on any atom is -0.381 e. The minimum atomic E-state index is -0.190. The van der Waals surface area contributed by atoms with E-state index in [4.69, 9.17) is 10.5 Å². The Morgan fingerprint density at radius 2 is 2.06 bits per heavy atom. The van der Waals surface area contributed by atoms with E-state index in [1.807, 2.05) is 11.9 Å². The van der Waals surface area contributed by atoms with Gasteiger partial charge in [-0.2, -0.15) is 0 Å². The van der Waals surface area contributed by atoms with Crippen molar-refractivity contribution in [1.82, 2.24) is 4.90 Å². The van der Waals surface area contributed by atoms with E-state index in [1.54, 1.807) is 0 Å². The summed E-state index contributed by atoms with van der Waals surface area (Å²) in [5, 5.41) is 0. The Balaban J connectivity index is 1.73. The first-order chi connectivity index (χ1) is 8.18. The maximum Gasteiger partial charge on any atom is 0.229 e. The molecule has 98 valence electrons. The molecule has 0 spiro atoms. The van der Waals surface area contributed by atoms with E-state index in [0.29, 0.717) is 6.54 Å². The summed E-state index contributed by atoms with van der Waals surface area (Å²) in [5.41, 5.74) is 5.49. The lowest BCUT2D eigenvalue weighted by Crippen LogP contribution is -2.39. The van der Waals surface area contributed by atoms with Crippen molar-refractivity contribution >= 4 is 5.91 Å². The van der Waals surface area contributed by atoms with Crippen molar-refractivity contribution in [2.75, 3.05) is 33.4 Å². The van der Waals surface area contributed by atoms with Crippen LogP contribution in [-0.4, -0.2) is 44.2 Å². The standard InChI is InChI=1S/C13H24N2O2/c1-15(12(16)13(10-14)5-6-13)7-2-11-3-8-17-9-4-11/h11H,2-10,14H2,1H3. The van der Waals surface area contributed by atoms with Crippen LogP contribution < -0.4 is 5.73 Å². The Morgan fingerprint density at radius 3 is 2.59 bits per heavy atom. The fraction of sp³-hybridized carbons (Fsp3) is 0.923. The van der Waals surface area contributed by atoms with Crippen LogP contribution in [0.1, 0.15) is 32.1 Å². The van der Waals surface area contributed by atoms with Crippen LogP contribution >= 0.6 is 0 Å². The van der Waals surface area contributed by atoms with Crippen LogP contribution in [0.3, 0.4) is 0 Å². The Morgan fingerprint density at radius 1 is 1.41 bits per heavy atom. The highest BCUT2D eigenvalue weighted by atomic mass is 16.5. The second-order valence-corrected chi connectivity index (χ2v) is 5.56. The van der Waals surface area contributed by atoms with Crippen LogP contribution in [0.25, 0.3) is 0 Å². The molecule has 17 heavy (non-hydrogen) atoms. The molecule has 1 saturated heterocycles. The fourth-order valence-electron chi connectivity index (χ4n) is 2.57. The van der Waals surface area contributed by atoms with E-state index < -0.39 is 0 Å². The molecule has 1 aliphatic carbocycles. The van der Waals surface area contributed by atoms with Gasteiger partial charge in [0.2, 0.25) is 5.91 Å². The van der Waals surface area contributed by atoms with Gasteiger partial charge in [0.15, 0.2) is 0 Å². The molecule has 2 fully saturated rings. The summed E-state index contributed by atoms with van der Waals surface area (Å²) in [6, 6.07) is 0. The highest BCUT2D eigenvalue weighted by molar-refractivity contribution is 5.85. The molecule has 2 N–H and O–H groups in total. The van der Waals surface area contributed by atoms with Crippen molar-refractivity contribution in [2.45, 2.75) is 32.1 Å². The van der Waals surface area contributed by atoms with E-state index in [2.05, 4.69) is 0 Å². The SMILES string of the molecule is CN(CCC1CCOCC1)C(=O)C1(CN)CC1. The minimum absolute atomic E-state index is 0.190. The molecule has 1 saturated carbocycles. The summed E-state index contributed by atoms with van der Waals surface area (Å²) in [7, 11) is 1.91. The predicted molar refractivity (Wildman–Crippen MR) is 66.5 cm³/mol. The van der Waals surface area contributed by atoms with Crippen molar-refractivity contribution < 1.29 is 9.53 Å². The lowest BCUT2D eigenvalue weighted by Gasteiger charge is -2.27. The average Bonchev–Trinajstić information content (AvgIpc) is 3.17. The molecule has 1 heterocycles. The maximum absolute atomic E-state index is 12.2. The van der Waals surface area contributed by atoms with Gasteiger partial charge in [-0.05, 0) is 38.0 Å². The lowest BCUT2D eigenvalue weighted by molar-refractivity contribution is -0.135. The third-order valence-corrected chi connectivity index (χ3v) is 4.26. The van der Waals surface area contributed by atoms with Crippen LogP contribution in [0.15, 0.2) is 0 Å². The quantitative estimate of drug-likeness (QED) is 0.780. The van der Waals surface area contributed by atoms with Gasteiger partial charge >= 0.3 is 0 Å². The molecular formula is C13H24N2O2.